The Labute approximate surface area is 208 Å². The molecule has 180 valence electrons. The number of aryl methyl sites for hydroxylation is 1. The van der Waals surface area contributed by atoms with Crippen LogP contribution in [0.25, 0.3) is 22.3 Å². The van der Waals surface area contributed by atoms with Gasteiger partial charge in [-0.2, -0.15) is 5.10 Å². The lowest BCUT2D eigenvalue weighted by atomic mass is 10.1. The third-order valence-electron chi connectivity index (χ3n) is 6.45. The summed E-state index contributed by atoms with van der Waals surface area (Å²) in [5, 5.41) is 8.98. The van der Waals surface area contributed by atoms with Gasteiger partial charge in [-0.25, -0.2) is 4.98 Å². The van der Waals surface area contributed by atoms with Crippen LogP contribution < -0.4 is 0 Å². The molecule has 0 aliphatic carbocycles. The standard InChI is InChI=1S/C28H36ClN5/c1-5-6-14-34-26(27(29)31-28(34)24-10-8-7-9-21(24)4)19-33(15-13-20(2)3)18-22-11-12-25-23(16-22)17-30-32-25/h7-12,16-17,20H,5-6,13-15,18-19H2,1-4H3,(H,30,32). The summed E-state index contributed by atoms with van der Waals surface area (Å²) in [6.45, 7) is 12.5. The molecule has 0 amide bonds. The van der Waals surface area contributed by atoms with E-state index in [1.807, 2.05) is 6.20 Å². The summed E-state index contributed by atoms with van der Waals surface area (Å²) in [5.41, 5.74) is 5.85. The number of aromatic amines is 1. The highest BCUT2D eigenvalue weighted by molar-refractivity contribution is 6.30. The molecule has 0 atom stereocenters. The van der Waals surface area contributed by atoms with Crippen LogP contribution in [0.5, 0.6) is 0 Å². The number of H-pyrrole nitrogens is 1. The Morgan fingerprint density at radius 3 is 2.71 bits per heavy atom. The van der Waals surface area contributed by atoms with Gasteiger partial charge in [0.15, 0.2) is 5.15 Å². The second kappa shape index (κ2) is 11.2. The molecule has 2 heterocycles. The highest BCUT2D eigenvalue weighted by Gasteiger charge is 2.21. The van der Waals surface area contributed by atoms with Crippen molar-refractivity contribution < 1.29 is 0 Å². The maximum absolute atomic E-state index is 6.83. The highest BCUT2D eigenvalue weighted by Crippen LogP contribution is 2.30. The van der Waals surface area contributed by atoms with Gasteiger partial charge in [0.2, 0.25) is 0 Å². The molecule has 5 nitrogen and oxygen atoms in total. The lowest BCUT2D eigenvalue weighted by molar-refractivity contribution is 0.235. The second-order valence-corrected chi connectivity index (χ2v) is 10.0. The smallest absolute Gasteiger partial charge is 0.152 e. The van der Waals surface area contributed by atoms with E-state index in [4.69, 9.17) is 16.6 Å². The van der Waals surface area contributed by atoms with Gasteiger partial charge in [0.05, 0.1) is 17.4 Å². The summed E-state index contributed by atoms with van der Waals surface area (Å²) in [5.74, 6) is 1.62. The summed E-state index contributed by atoms with van der Waals surface area (Å²) in [6.07, 6.45) is 5.26. The zero-order chi connectivity index (χ0) is 24.1. The zero-order valence-corrected chi connectivity index (χ0v) is 21.6. The van der Waals surface area contributed by atoms with Crippen molar-refractivity contribution in [1.82, 2.24) is 24.6 Å². The number of halogens is 1. The quantitative estimate of drug-likeness (QED) is 0.247. The minimum Gasteiger partial charge on any atom is -0.325 e. The molecule has 2 aromatic heterocycles. The number of hydrogen-bond donors (Lipinski definition) is 1. The number of fused-ring (bicyclic) bond motifs is 1. The first-order valence-electron chi connectivity index (χ1n) is 12.4. The molecule has 0 aliphatic rings. The molecule has 0 spiro atoms. The van der Waals surface area contributed by atoms with Gasteiger partial charge in [-0.3, -0.25) is 10.00 Å². The van der Waals surface area contributed by atoms with Gasteiger partial charge in [0.1, 0.15) is 5.82 Å². The van der Waals surface area contributed by atoms with E-state index in [2.05, 4.69) is 89.8 Å². The lowest BCUT2D eigenvalue weighted by Crippen LogP contribution is -2.26. The molecular formula is C28H36ClN5. The van der Waals surface area contributed by atoms with Gasteiger partial charge in [-0.05, 0) is 55.5 Å². The molecule has 0 unspecified atom stereocenters. The van der Waals surface area contributed by atoms with E-state index < -0.39 is 0 Å². The van der Waals surface area contributed by atoms with Crippen molar-refractivity contribution in [3.8, 4) is 11.4 Å². The Hall–Kier alpha value is -2.63. The Balaban J connectivity index is 1.67. The van der Waals surface area contributed by atoms with Crippen molar-refractivity contribution in [3.63, 3.8) is 0 Å². The molecule has 2 aromatic carbocycles. The van der Waals surface area contributed by atoms with Gasteiger partial charge >= 0.3 is 0 Å². The van der Waals surface area contributed by atoms with Crippen molar-refractivity contribution >= 4 is 22.5 Å². The van der Waals surface area contributed by atoms with Crippen molar-refractivity contribution in [2.24, 2.45) is 5.92 Å². The Kier molecular flexibility index (Phi) is 8.07. The minimum atomic E-state index is 0.620. The summed E-state index contributed by atoms with van der Waals surface area (Å²) in [6, 6.07) is 15.0. The fourth-order valence-electron chi connectivity index (χ4n) is 4.41. The lowest BCUT2D eigenvalue weighted by Gasteiger charge is -2.25. The Morgan fingerprint density at radius 2 is 1.94 bits per heavy atom. The topological polar surface area (TPSA) is 49.7 Å². The number of nitrogens with zero attached hydrogens (tertiary/aromatic N) is 4. The number of aromatic nitrogens is 4. The SMILES string of the molecule is CCCCn1c(-c2ccccc2C)nc(Cl)c1CN(CCC(C)C)Cc1ccc2[nH]ncc2c1. The van der Waals surface area contributed by atoms with Gasteiger partial charge < -0.3 is 4.57 Å². The van der Waals surface area contributed by atoms with E-state index in [1.54, 1.807) is 0 Å². The van der Waals surface area contributed by atoms with Crippen LogP contribution in [0.3, 0.4) is 0 Å². The monoisotopic (exact) mass is 477 g/mol. The van der Waals surface area contributed by atoms with Crippen molar-refractivity contribution in [1.29, 1.82) is 0 Å². The number of rotatable bonds is 11. The van der Waals surface area contributed by atoms with Crippen LogP contribution >= 0.6 is 11.6 Å². The van der Waals surface area contributed by atoms with Crippen molar-refractivity contribution in [2.45, 2.75) is 66.6 Å². The van der Waals surface area contributed by atoms with E-state index in [-0.39, 0.29) is 0 Å². The van der Waals surface area contributed by atoms with Crippen LogP contribution in [-0.2, 0) is 19.6 Å². The van der Waals surface area contributed by atoms with Gasteiger partial charge in [-0.1, -0.05) is 69.1 Å². The van der Waals surface area contributed by atoms with Crippen LogP contribution in [0.15, 0.2) is 48.7 Å². The fraction of sp³-hybridized carbons (Fsp3) is 0.429. The molecule has 0 saturated heterocycles. The van der Waals surface area contributed by atoms with Gasteiger partial charge in [0.25, 0.3) is 0 Å². The van der Waals surface area contributed by atoms with E-state index in [0.29, 0.717) is 11.1 Å². The average molecular weight is 478 g/mol. The van der Waals surface area contributed by atoms with Crippen LogP contribution in [0.2, 0.25) is 5.15 Å². The predicted octanol–water partition coefficient (Wildman–Crippen LogP) is 7.24. The molecule has 1 N–H and O–H groups in total. The maximum atomic E-state index is 6.83. The molecular weight excluding hydrogens is 442 g/mol. The van der Waals surface area contributed by atoms with Crippen LogP contribution in [0, 0.1) is 12.8 Å². The highest BCUT2D eigenvalue weighted by atomic mass is 35.5. The van der Waals surface area contributed by atoms with Gasteiger partial charge in [0, 0.05) is 30.6 Å². The predicted molar refractivity (Wildman–Crippen MR) is 142 cm³/mol. The van der Waals surface area contributed by atoms with Crippen LogP contribution in [0.1, 0.15) is 56.9 Å². The molecule has 0 fully saturated rings. The van der Waals surface area contributed by atoms with Crippen molar-refractivity contribution in [3.05, 3.63) is 70.6 Å². The maximum Gasteiger partial charge on any atom is 0.152 e. The molecule has 34 heavy (non-hydrogen) atoms. The number of benzene rings is 2. The van der Waals surface area contributed by atoms with Crippen molar-refractivity contribution in [2.75, 3.05) is 6.54 Å². The molecule has 0 aliphatic heterocycles. The summed E-state index contributed by atoms with van der Waals surface area (Å²) in [7, 11) is 0. The number of nitrogens with one attached hydrogen (secondary N) is 1. The first-order valence-corrected chi connectivity index (χ1v) is 12.8. The van der Waals surface area contributed by atoms with E-state index in [1.165, 1.54) is 11.1 Å². The summed E-state index contributed by atoms with van der Waals surface area (Å²) >= 11 is 6.83. The fourth-order valence-corrected chi connectivity index (χ4v) is 4.65. The van der Waals surface area contributed by atoms with E-state index >= 15 is 0 Å². The second-order valence-electron chi connectivity index (χ2n) is 9.68. The van der Waals surface area contributed by atoms with Crippen LogP contribution in [-0.4, -0.2) is 31.2 Å². The molecule has 0 radical (unpaired) electrons. The summed E-state index contributed by atoms with van der Waals surface area (Å²) in [4.78, 5) is 7.38. The van der Waals surface area contributed by atoms with Crippen LogP contribution in [0.4, 0.5) is 0 Å². The molecule has 0 saturated carbocycles. The first-order chi connectivity index (χ1) is 16.5. The third-order valence-corrected chi connectivity index (χ3v) is 6.75. The van der Waals surface area contributed by atoms with E-state index in [0.717, 1.165) is 73.4 Å². The largest absolute Gasteiger partial charge is 0.325 e. The average Bonchev–Trinajstić information content (AvgIpc) is 3.40. The minimum absolute atomic E-state index is 0.620. The third kappa shape index (κ3) is 5.70. The number of imidazole rings is 1. The van der Waals surface area contributed by atoms with Gasteiger partial charge in [-0.15, -0.1) is 0 Å². The van der Waals surface area contributed by atoms with E-state index in [9.17, 15) is 0 Å². The number of unbranched alkanes of at least 4 members (excludes halogenated alkanes) is 1. The molecule has 6 heteroatoms. The Bertz CT molecular complexity index is 1220. The zero-order valence-electron chi connectivity index (χ0n) is 20.8. The summed E-state index contributed by atoms with van der Waals surface area (Å²) < 4.78 is 2.36. The molecule has 4 rings (SSSR count). The number of hydrogen-bond acceptors (Lipinski definition) is 3. The normalized spacial score (nSPS) is 11.9. The first kappa shape index (κ1) is 24.5. The molecule has 0 bridgehead atoms. The Morgan fingerprint density at radius 1 is 1.12 bits per heavy atom. The molecule has 4 aromatic rings.